The third kappa shape index (κ3) is 2.92. The predicted molar refractivity (Wildman–Crippen MR) is 85.6 cm³/mol. The molecule has 5 nitrogen and oxygen atoms in total. The molecule has 0 saturated carbocycles. The third-order valence-corrected chi connectivity index (χ3v) is 4.06. The summed E-state index contributed by atoms with van der Waals surface area (Å²) in [5, 5.41) is 10.5. The zero-order chi connectivity index (χ0) is 16.4. The summed E-state index contributed by atoms with van der Waals surface area (Å²) in [5.41, 5.74) is 1.75. The molecule has 2 atom stereocenters. The second-order valence-corrected chi connectivity index (χ2v) is 5.39. The van der Waals surface area contributed by atoms with Crippen LogP contribution in [0.3, 0.4) is 0 Å². The topological polar surface area (TPSA) is 57.2 Å². The summed E-state index contributed by atoms with van der Waals surface area (Å²) < 4.78 is 21.9. The molecule has 3 rings (SSSR count). The van der Waals surface area contributed by atoms with Crippen molar-refractivity contribution in [3.63, 3.8) is 0 Å². The Kier molecular flexibility index (Phi) is 4.30. The van der Waals surface area contributed by atoms with Crippen molar-refractivity contribution in [1.29, 1.82) is 0 Å². The van der Waals surface area contributed by atoms with Gasteiger partial charge in [-0.25, -0.2) is 0 Å². The van der Waals surface area contributed by atoms with Crippen molar-refractivity contribution in [2.24, 2.45) is 0 Å². The maximum atomic E-state index is 10.5. The number of hydrogen-bond acceptors (Lipinski definition) is 5. The van der Waals surface area contributed by atoms with Crippen LogP contribution in [0.25, 0.3) is 0 Å². The summed E-state index contributed by atoms with van der Waals surface area (Å²) in [7, 11) is 4.81. The lowest BCUT2D eigenvalue weighted by molar-refractivity contribution is 0.0198. The van der Waals surface area contributed by atoms with Gasteiger partial charge in [0.15, 0.2) is 0 Å². The predicted octanol–water partition coefficient (Wildman–Crippen LogP) is 2.75. The summed E-state index contributed by atoms with van der Waals surface area (Å²) in [6.07, 6.45) is -0.637. The molecular weight excluding hydrogens is 296 g/mol. The van der Waals surface area contributed by atoms with E-state index < -0.39 is 12.2 Å². The van der Waals surface area contributed by atoms with E-state index >= 15 is 0 Å². The monoisotopic (exact) mass is 316 g/mol. The maximum absolute atomic E-state index is 10.5. The van der Waals surface area contributed by atoms with E-state index in [2.05, 4.69) is 0 Å². The second kappa shape index (κ2) is 6.38. The van der Waals surface area contributed by atoms with Crippen LogP contribution in [0.5, 0.6) is 23.0 Å². The molecule has 0 radical (unpaired) electrons. The lowest BCUT2D eigenvalue weighted by Gasteiger charge is -2.32. The molecule has 2 aromatic carbocycles. The molecule has 2 aromatic rings. The smallest absolute Gasteiger partial charge is 0.150 e. The highest BCUT2D eigenvalue weighted by atomic mass is 16.5. The molecular formula is C18H20O5. The minimum absolute atomic E-state index is 0.440. The van der Waals surface area contributed by atoms with Crippen LogP contribution in [0.1, 0.15) is 17.2 Å². The Morgan fingerprint density at radius 2 is 1.65 bits per heavy atom. The first-order chi connectivity index (χ1) is 11.2. The van der Waals surface area contributed by atoms with Crippen LogP contribution in [-0.4, -0.2) is 32.5 Å². The van der Waals surface area contributed by atoms with Gasteiger partial charge in [0.2, 0.25) is 0 Å². The number of rotatable bonds is 4. The lowest BCUT2D eigenvalue weighted by Crippen LogP contribution is -2.30. The molecule has 1 heterocycles. The Labute approximate surface area is 135 Å². The molecule has 23 heavy (non-hydrogen) atoms. The number of hydrogen-bond donors (Lipinski definition) is 1. The zero-order valence-corrected chi connectivity index (χ0v) is 13.4. The van der Waals surface area contributed by atoms with E-state index in [1.165, 1.54) is 0 Å². The van der Waals surface area contributed by atoms with Crippen LogP contribution in [0.4, 0.5) is 0 Å². The Hall–Kier alpha value is -2.40. The van der Waals surface area contributed by atoms with Gasteiger partial charge < -0.3 is 24.1 Å². The molecule has 1 aliphatic rings. The first-order valence-corrected chi connectivity index (χ1v) is 7.40. The van der Waals surface area contributed by atoms with Crippen LogP contribution >= 0.6 is 0 Å². The summed E-state index contributed by atoms with van der Waals surface area (Å²) in [6.45, 7) is 0. The molecule has 0 bridgehead atoms. The molecule has 0 spiro atoms. The van der Waals surface area contributed by atoms with Gasteiger partial charge in [-0.05, 0) is 17.7 Å². The van der Waals surface area contributed by atoms with Crippen LogP contribution < -0.4 is 18.9 Å². The van der Waals surface area contributed by atoms with Crippen molar-refractivity contribution >= 4 is 0 Å². The molecule has 0 aliphatic carbocycles. The number of benzene rings is 2. The molecule has 1 N–H and O–H groups in total. The van der Waals surface area contributed by atoms with Crippen molar-refractivity contribution in [2.75, 3.05) is 21.3 Å². The van der Waals surface area contributed by atoms with Gasteiger partial charge in [0.05, 0.1) is 27.4 Å². The van der Waals surface area contributed by atoms with Crippen LogP contribution in [0, 0.1) is 0 Å². The summed E-state index contributed by atoms with van der Waals surface area (Å²) in [4.78, 5) is 0. The number of methoxy groups -OCH3 is 3. The molecule has 0 amide bonds. The molecule has 0 fully saturated rings. The Balaban J connectivity index is 1.95. The van der Waals surface area contributed by atoms with E-state index in [1.54, 1.807) is 27.4 Å². The standard InChI is InChI=1S/C18H20O5/c1-20-12-6-4-11(5-7-12)18-15(19)10-14-16(22-3)8-13(21-2)9-17(14)23-18/h4-9,15,18-19H,10H2,1-3H3/t15-,18+/m1/s1. The van der Waals surface area contributed by atoms with Crippen LogP contribution in [-0.2, 0) is 6.42 Å². The molecule has 5 heteroatoms. The van der Waals surface area contributed by atoms with Crippen LogP contribution in [0.2, 0.25) is 0 Å². The van der Waals surface area contributed by atoms with Gasteiger partial charge in [0.25, 0.3) is 0 Å². The molecule has 1 aliphatic heterocycles. The SMILES string of the molecule is COc1ccc([C@@H]2Oc3cc(OC)cc(OC)c3C[C@H]2O)cc1. The average molecular weight is 316 g/mol. The summed E-state index contributed by atoms with van der Waals surface area (Å²) in [6, 6.07) is 11.1. The molecule has 0 saturated heterocycles. The summed E-state index contributed by atoms with van der Waals surface area (Å²) in [5.74, 6) is 2.76. The number of aliphatic hydroxyl groups excluding tert-OH is 1. The Morgan fingerprint density at radius 3 is 2.26 bits per heavy atom. The van der Waals surface area contributed by atoms with Gasteiger partial charge >= 0.3 is 0 Å². The van der Waals surface area contributed by atoms with E-state index in [9.17, 15) is 5.11 Å². The highest BCUT2D eigenvalue weighted by molar-refractivity contribution is 5.52. The van der Waals surface area contributed by atoms with E-state index in [0.717, 1.165) is 16.9 Å². The first-order valence-electron chi connectivity index (χ1n) is 7.40. The van der Waals surface area contributed by atoms with Gasteiger partial charge in [-0.2, -0.15) is 0 Å². The Bertz CT molecular complexity index is 681. The minimum atomic E-state index is -0.654. The average Bonchev–Trinajstić information content (AvgIpc) is 2.60. The first kappa shape index (κ1) is 15.5. The lowest BCUT2D eigenvalue weighted by atomic mass is 9.94. The quantitative estimate of drug-likeness (QED) is 0.940. The van der Waals surface area contributed by atoms with Gasteiger partial charge in [0, 0.05) is 24.1 Å². The number of aliphatic hydroxyl groups is 1. The van der Waals surface area contributed by atoms with E-state index in [-0.39, 0.29) is 0 Å². The fourth-order valence-electron chi connectivity index (χ4n) is 2.82. The highest BCUT2D eigenvalue weighted by Crippen LogP contribution is 2.42. The van der Waals surface area contributed by atoms with Gasteiger partial charge in [-0.15, -0.1) is 0 Å². The number of ether oxygens (including phenoxy) is 4. The largest absolute Gasteiger partial charge is 0.497 e. The zero-order valence-electron chi connectivity index (χ0n) is 13.4. The highest BCUT2D eigenvalue weighted by Gasteiger charge is 2.32. The second-order valence-electron chi connectivity index (χ2n) is 5.39. The Morgan fingerprint density at radius 1 is 0.957 bits per heavy atom. The number of fused-ring (bicyclic) bond motifs is 1. The van der Waals surface area contributed by atoms with Crippen molar-refractivity contribution in [3.8, 4) is 23.0 Å². The van der Waals surface area contributed by atoms with Crippen molar-refractivity contribution in [2.45, 2.75) is 18.6 Å². The van der Waals surface area contributed by atoms with Gasteiger partial charge in [-0.3, -0.25) is 0 Å². The van der Waals surface area contributed by atoms with E-state index in [4.69, 9.17) is 18.9 Å². The fraction of sp³-hybridized carbons (Fsp3) is 0.333. The van der Waals surface area contributed by atoms with E-state index in [0.29, 0.717) is 23.7 Å². The van der Waals surface area contributed by atoms with Crippen LogP contribution in [0.15, 0.2) is 36.4 Å². The third-order valence-electron chi connectivity index (χ3n) is 4.06. The molecule has 122 valence electrons. The van der Waals surface area contributed by atoms with Crippen molar-refractivity contribution in [1.82, 2.24) is 0 Å². The van der Waals surface area contributed by atoms with Crippen molar-refractivity contribution < 1.29 is 24.1 Å². The normalized spacial score (nSPS) is 19.5. The minimum Gasteiger partial charge on any atom is -0.497 e. The maximum Gasteiger partial charge on any atom is 0.150 e. The summed E-state index contributed by atoms with van der Waals surface area (Å²) >= 11 is 0. The fourth-order valence-corrected chi connectivity index (χ4v) is 2.82. The van der Waals surface area contributed by atoms with Crippen molar-refractivity contribution in [3.05, 3.63) is 47.5 Å². The molecule has 0 unspecified atom stereocenters. The van der Waals surface area contributed by atoms with Gasteiger partial charge in [0.1, 0.15) is 29.1 Å². The van der Waals surface area contributed by atoms with Gasteiger partial charge in [-0.1, -0.05) is 12.1 Å². The molecule has 0 aromatic heterocycles. The van der Waals surface area contributed by atoms with E-state index in [1.807, 2.05) is 30.3 Å².